The largest absolute Gasteiger partial charge is 0.504 e. The van der Waals surface area contributed by atoms with Crippen molar-refractivity contribution in [2.24, 2.45) is 0 Å². The molecule has 2 aromatic carbocycles. The van der Waals surface area contributed by atoms with Crippen LogP contribution in [0, 0.1) is 0 Å². The van der Waals surface area contributed by atoms with Crippen molar-refractivity contribution >= 4 is 30.2 Å². The minimum atomic E-state index is -1.37. The Bertz CT molecular complexity index is 1200. The van der Waals surface area contributed by atoms with E-state index in [2.05, 4.69) is 0 Å². The van der Waals surface area contributed by atoms with Crippen molar-refractivity contribution in [3.05, 3.63) is 59.7 Å². The van der Waals surface area contributed by atoms with Gasteiger partial charge in [-0.1, -0.05) is 12.1 Å². The van der Waals surface area contributed by atoms with Gasteiger partial charge in [0.05, 0.1) is 6.10 Å². The van der Waals surface area contributed by atoms with Crippen LogP contribution < -0.4 is 0 Å². The monoisotopic (exact) mass is 516 g/mol. The first-order chi connectivity index (χ1) is 17.5. The topological polar surface area (TPSA) is 208 Å². The highest BCUT2D eigenvalue weighted by Gasteiger charge is 2.39. The summed E-state index contributed by atoms with van der Waals surface area (Å²) in [5.74, 6) is -2.90. The maximum absolute atomic E-state index is 12.2. The molecule has 4 atom stereocenters. The highest BCUT2D eigenvalue weighted by molar-refractivity contribution is 5.88. The zero-order valence-electron chi connectivity index (χ0n) is 19.1. The van der Waals surface area contributed by atoms with E-state index in [-0.39, 0.29) is 42.0 Å². The molecule has 0 heterocycles. The van der Waals surface area contributed by atoms with E-state index in [1.807, 2.05) is 0 Å². The van der Waals surface area contributed by atoms with Gasteiger partial charge in [0.2, 0.25) is 0 Å². The fourth-order valence-electron chi connectivity index (χ4n) is 3.37. The number of hydrogen-bond acceptors (Lipinski definition) is 12. The highest BCUT2D eigenvalue weighted by Crippen LogP contribution is 2.28. The zero-order valence-corrected chi connectivity index (χ0v) is 19.1. The average Bonchev–Trinajstić information content (AvgIpc) is 2.84. The third kappa shape index (κ3) is 8.82. The average molecular weight is 516 g/mol. The second-order valence-corrected chi connectivity index (χ2v) is 7.81. The molecule has 1 aliphatic rings. The van der Waals surface area contributed by atoms with Crippen LogP contribution in [0.3, 0.4) is 0 Å². The SMILES string of the molecule is O=C(/C=C/c1ccc(O)c(O)c1)O[C@@H]1C[C@@H](O)[C@H](O)[C@H](OC(=O)/C=C/c2ccc(O)c(O)c2)C1.O=C=O. The van der Waals surface area contributed by atoms with Crippen LogP contribution in [0.1, 0.15) is 24.0 Å². The number of ether oxygens (including phenoxy) is 2. The summed E-state index contributed by atoms with van der Waals surface area (Å²) in [6.45, 7) is 0. The zero-order chi connectivity index (χ0) is 27.5. The van der Waals surface area contributed by atoms with E-state index in [0.29, 0.717) is 11.1 Å². The Morgan fingerprint density at radius 1 is 0.757 bits per heavy atom. The standard InChI is InChI=1S/C24H24O10.CO2/c25-16-5-1-13(9-18(16)27)3-7-22(30)33-15-11-20(29)24(32)21(12-15)34-23(31)8-4-14-2-6-17(26)19(28)10-14;2-1-3/h1-10,15,20-21,24-29,32H,11-12H2;/b7-3+,8-4+;/t15-,20-,21-,24+;/m1./s1. The van der Waals surface area contributed by atoms with E-state index < -0.39 is 36.4 Å². The summed E-state index contributed by atoms with van der Waals surface area (Å²) in [6, 6.07) is 7.93. The van der Waals surface area contributed by atoms with Crippen molar-refractivity contribution in [3.63, 3.8) is 0 Å². The predicted molar refractivity (Wildman–Crippen MR) is 124 cm³/mol. The van der Waals surface area contributed by atoms with Gasteiger partial charge in [-0.25, -0.2) is 9.59 Å². The van der Waals surface area contributed by atoms with Gasteiger partial charge in [0.1, 0.15) is 18.3 Å². The molecule has 12 heteroatoms. The Balaban J connectivity index is 0.00000153. The molecule has 0 amide bonds. The minimum absolute atomic E-state index is 0.0443. The molecule has 1 saturated carbocycles. The molecule has 6 N–H and O–H groups in total. The molecule has 0 bridgehead atoms. The molecule has 1 fully saturated rings. The number of carbonyl (C=O) groups excluding carboxylic acids is 4. The van der Waals surface area contributed by atoms with E-state index >= 15 is 0 Å². The first-order valence-electron chi connectivity index (χ1n) is 10.7. The number of carbonyl (C=O) groups is 2. The van der Waals surface area contributed by atoms with Gasteiger partial charge in [-0.15, -0.1) is 0 Å². The summed E-state index contributed by atoms with van der Waals surface area (Å²) in [4.78, 5) is 40.5. The number of aromatic hydroxyl groups is 4. The summed E-state index contributed by atoms with van der Waals surface area (Å²) in [7, 11) is 0. The van der Waals surface area contributed by atoms with Gasteiger partial charge < -0.3 is 40.1 Å². The maximum atomic E-state index is 12.2. The smallest absolute Gasteiger partial charge is 0.373 e. The molecule has 0 aliphatic heterocycles. The number of rotatable bonds is 6. The number of esters is 2. The molecule has 0 spiro atoms. The number of phenols is 4. The second-order valence-electron chi connectivity index (χ2n) is 7.81. The second kappa shape index (κ2) is 13.4. The Morgan fingerprint density at radius 2 is 1.22 bits per heavy atom. The lowest BCUT2D eigenvalue weighted by atomic mass is 9.89. The molecule has 196 valence electrons. The number of benzene rings is 2. The van der Waals surface area contributed by atoms with Crippen molar-refractivity contribution in [1.82, 2.24) is 0 Å². The molecule has 0 unspecified atom stereocenters. The van der Waals surface area contributed by atoms with Gasteiger partial charge in [0.15, 0.2) is 23.0 Å². The molecule has 37 heavy (non-hydrogen) atoms. The molecule has 0 aromatic heterocycles. The normalized spacial score (nSPS) is 21.0. The lowest BCUT2D eigenvalue weighted by Gasteiger charge is -2.35. The van der Waals surface area contributed by atoms with Gasteiger partial charge in [0, 0.05) is 25.0 Å². The predicted octanol–water partition coefficient (Wildman–Crippen LogP) is 0.991. The van der Waals surface area contributed by atoms with Crippen LogP contribution in [0.25, 0.3) is 12.2 Å². The van der Waals surface area contributed by atoms with Gasteiger partial charge in [-0.05, 0) is 47.5 Å². The maximum Gasteiger partial charge on any atom is 0.373 e. The van der Waals surface area contributed by atoms with Gasteiger partial charge in [-0.2, -0.15) is 9.59 Å². The first kappa shape index (κ1) is 28.6. The van der Waals surface area contributed by atoms with Gasteiger partial charge in [0.25, 0.3) is 0 Å². The molecular formula is C25H24O12. The lowest BCUT2D eigenvalue weighted by Crippen LogP contribution is -2.49. The van der Waals surface area contributed by atoms with Crippen molar-refractivity contribution in [2.45, 2.75) is 37.3 Å². The summed E-state index contributed by atoms with van der Waals surface area (Å²) >= 11 is 0. The van der Waals surface area contributed by atoms with Crippen molar-refractivity contribution in [3.8, 4) is 23.0 Å². The summed E-state index contributed by atoms with van der Waals surface area (Å²) in [5.41, 5.74) is 0.851. The van der Waals surface area contributed by atoms with E-state index in [0.717, 1.165) is 12.2 Å². The fraction of sp³-hybridized carbons (Fsp3) is 0.240. The summed E-state index contributed by atoms with van der Waals surface area (Å²) < 4.78 is 10.5. The highest BCUT2D eigenvalue weighted by atomic mass is 16.6. The third-order valence-electron chi connectivity index (χ3n) is 5.15. The molecule has 0 radical (unpaired) electrons. The quantitative estimate of drug-likeness (QED) is 0.180. The molecule has 1 aliphatic carbocycles. The Morgan fingerprint density at radius 3 is 1.68 bits per heavy atom. The number of aliphatic hydroxyl groups is 2. The van der Waals surface area contributed by atoms with Crippen molar-refractivity contribution in [1.29, 1.82) is 0 Å². The van der Waals surface area contributed by atoms with Gasteiger partial charge in [-0.3, -0.25) is 0 Å². The van der Waals surface area contributed by atoms with E-state index in [1.165, 1.54) is 48.6 Å². The van der Waals surface area contributed by atoms with Gasteiger partial charge >= 0.3 is 18.1 Å². The number of phenolic OH excluding ortho intramolecular Hbond substituents is 4. The Labute approximate surface area is 209 Å². The Kier molecular flexibility index (Phi) is 10.4. The number of hydrogen-bond donors (Lipinski definition) is 6. The van der Waals surface area contributed by atoms with Crippen molar-refractivity contribution in [2.75, 3.05) is 0 Å². The van der Waals surface area contributed by atoms with E-state index in [9.17, 15) is 40.2 Å². The lowest BCUT2D eigenvalue weighted by molar-refractivity contribution is -0.192. The van der Waals surface area contributed by atoms with Crippen LogP contribution in [0.2, 0.25) is 0 Å². The number of aliphatic hydroxyl groups excluding tert-OH is 2. The first-order valence-corrected chi connectivity index (χ1v) is 10.7. The van der Waals surface area contributed by atoms with Crippen LogP contribution >= 0.6 is 0 Å². The van der Waals surface area contributed by atoms with Crippen LogP contribution in [0.15, 0.2) is 48.6 Å². The molecule has 0 saturated heterocycles. The van der Waals surface area contributed by atoms with Crippen LogP contribution in [0.5, 0.6) is 23.0 Å². The summed E-state index contributed by atoms with van der Waals surface area (Å²) in [5, 5.41) is 57.9. The summed E-state index contributed by atoms with van der Waals surface area (Å²) in [6.07, 6.45) is 0.353. The van der Waals surface area contributed by atoms with Crippen LogP contribution in [-0.2, 0) is 28.7 Å². The van der Waals surface area contributed by atoms with E-state index in [1.54, 1.807) is 0 Å². The fourth-order valence-corrected chi connectivity index (χ4v) is 3.37. The van der Waals surface area contributed by atoms with Crippen LogP contribution in [-0.4, -0.2) is 73.1 Å². The third-order valence-corrected chi connectivity index (χ3v) is 5.15. The van der Waals surface area contributed by atoms with Crippen molar-refractivity contribution < 1.29 is 59.3 Å². The molecule has 2 aromatic rings. The molecule has 3 rings (SSSR count). The van der Waals surface area contributed by atoms with E-state index in [4.69, 9.17) is 19.1 Å². The van der Waals surface area contributed by atoms with Crippen LogP contribution in [0.4, 0.5) is 0 Å². The Hall–Kier alpha value is -4.64. The molecule has 12 nitrogen and oxygen atoms in total. The minimum Gasteiger partial charge on any atom is -0.504 e. The molecular weight excluding hydrogens is 492 g/mol.